The van der Waals surface area contributed by atoms with Crippen LogP contribution in [0, 0.1) is 0 Å². The first kappa shape index (κ1) is 20.6. The van der Waals surface area contributed by atoms with Crippen molar-refractivity contribution in [1.82, 2.24) is 5.32 Å². The van der Waals surface area contributed by atoms with Gasteiger partial charge >= 0.3 is 11.9 Å². The highest BCUT2D eigenvalue weighted by atomic mass is 16.5. The lowest BCUT2D eigenvalue weighted by Crippen LogP contribution is -2.47. The summed E-state index contributed by atoms with van der Waals surface area (Å²) >= 11 is 0. The van der Waals surface area contributed by atoms with Gasteiger partial charge < -0.3 is 9.47 Å². The van der Waals surface area contributed by atoms with Gasteiger partial charge in [-0.15, -0.1) is 0 Å². The molecular weight excluding hydrogens is 342 g/mol. The van der Waals surface area contributed by atoms with E-state index in [9.17, 15) is 9.59 Å². The highest BCUT2D eigenvalue weighted by Gasteiger charge is 2.25. The number of carbonyl (C=O) groups is 2. The highest BCUT2D eigenvalue weighted by Crippen LogP contribution is 2.08. The molecule has 5 heteroatoms. The maximum Gasteiger partial charge on any atom is 0.323 e. The van der Waals surface area contributed by atoms with Crippen LogP contribution in [0.25, 0.3) is 0 Å². The summed E-state index contributed by atoms with van der Waals surface area (Å²) in [7, 11) is 0. The first-order valence-electron chi connectivity index (χ1n) is 9.27. The fourth-order valence-electron chi connectivity index (χ4n) is 2.69. The molecule has 2 aromatic rings. The number of nitrogens with one attached hydrogen (secondary N) is 1. The first-order valence-corrected chi connectivity index (χ1v) is 9.27. The van der Waals surface area contributed by atoms with Crippen LogP contribution in [0.5, 0.6) is 0 Å². The van der Waals surface area contributed by atoms with Crippen molar-refractivity contribution >= 4 is 11.9 Å². The lowest BCUT2D eigenvalue weighted by Gasteiger charge is -2.21. The van der Waals surface area contributed by atoms with Gasteiger partial charge in [0.05, 0.1) is 6.61 Å². The predicted molar refractivity (Wildman–Crippen MR) is 104 cm³/mol. The van der Waals surface area contributed by atoms with Gasteiger partial charge in [0.2, 0.25) is 0 Å². The molecule has 144 valence electrons. The van der Waals surface area contributed by atoms with Gasteiger partial charge in [0.1, 0.15) is 18.7 Å². The van der Waals surface area contributed by atoms with Crippen molar-refractivity contribution in [3.8, 4) is 0 Å². The summed E-state index contributed by atoms with van der Waals surface area (Å²) in [6.07, 6.45) is 1.25. The van der Waals surface area contributed by atoms with Gasteiger partial charge in [-0.25, -0.2) is 0 Å². The summed E-state index contributed by atoms with van der Waals surface area (Å²) in [6.45, 7) is 3.97. The quantitative estimate of drug-likeness (QED) is 0.651. The average molecular weight is 369 g/mol. The zero-order valence-corrected chi connectivity index (χ0v) is 15.9. The van der Waals surface area contributed by atoms with Gasteiger partial charge in [-0.05, 0) is 37.8 Å². The van der Waals surface area contributed by atoms with E-state index in [0.29, 0.717) is 19.4 Å². The number of aryl methyl sites for hydroxylation is 1. The molecule has 0 heterocycles. The monoisotopic (exact) mass is 369 g/mol. The Bertz CT molecular complexity index is 703. The minimum Gasteiger partial charge on any atom is -0.465 e. The smallest absolute Gasteiger partial charge is 0.323 e. The molecule has 2 aromatic carbocycles. The number of hydrogen-bond donors (Lipinski definition) is 1. The topological polar surface area (TPSA) is 64.6 Å². The lowest BCUT2D eigenvalue weighted by molar-refractivity contribution is -0.149. The van der Waals surface area contributed by atoms with E-state index < -0.39 is 18.1 Å². The van der Waals surface area contributed by atoms with E-state index in [1.807, 2.05) is 60.7 Å². The van der Waals surface area contributed by atoms with Crippen molar-refractivity contribution in [3.05, 3.63) is 71.8 Å². The molecule has 0 aliphatic heterocycles. The average Bonchev–Trinajstić information content (AvgIpc) is 2.70. The molecule has 0 radical (unpaired) electrons. The standard InChI is InChI=1S/C22H27NO4/c1-3-26-22(25)20(15-14-18-10-6-4-7-11-18)23-17(2)21(24)27-16-19-12-8-5-9-13-19/h4-13,17,20,23H,3,14-16H2,1-2H3. The molecule has 2 rings (SSSR count). The van der Waals surface area contributed by atoms with Gasteiger partial charge in [-0.1, -0.05) is 60.7 Å². The van der Waals surface area contributed by atoms with Crippen LogP contribution in [-0.2, 0) is 32.1 Å². The van der Waals surface area contributed by atoms with E-state index in [2.05, 4.69) is 5.32 Å². The lowest BCUT2D eigenvalue weighted by atomic mass is 10.0. The Labute approximate surface area is 160 Å². The van der Waals surface area contributed by atoms with Crippen molar-refractivity contribution in [2.24, 2.45) is 0 Å². The molecule has 0 aliphatic carbocycles. The van der Waals surface area contributed by atoms with Crippen LogP contribution < -0.4 is 5.32 Å². The first-order chi connectivity index (χ1) is 13.1. The number of carbonyl (C=O) groups excluding carboxylic acids is 2. The van der Waals surface area contributed by atoms with Crippen LogP contribution >= 0.6 is 0 Å². The molecule has 0 bridgehead atoms. The largest absolute Gasteiger partial charge is 0.465 e. The Kier molecular flexibility index (Phi) is 8.52. The third-order valence-electron chi connectivity index (χ3n) is 4.16. The molecule has 0 aromatic heterocycles. The van der Waals surface area contributed by atoms with Crippen LogP contribution in [0.3, 0.4) is 0 Å². The van der Waals surface area contributed by atoms with E-state index in [0.717, 1.165) is 11.1 Å². The zero-order chi connectivity index (χ0) is 19.5. The Hall–Kier alpha value is -2.66. The number of ether oxygens (including phenoxy) is 2. The molecule has 0 saturated carbocycles. The maximum atomic E-state index is 12.3. The second-order valence-corrected chi connectivity index (χ2v) is 6.31. The van der Waals surface area contributed by atoms with Crippen LogP contribution in [-0.4, -0.2) is 30.6 Å². The second kappa shape index (κ2) is 11.1. The Balaban J connectivity index is 1.89. The van der Waals surface area contributed by atoms with E-state index in [-0.39, 0.29) is 12.6 Å². The summed E-state index contributed by atoms with van der Waals surface area (Å²) in [6, 6.07) is 18.2. The fraction of sp³-hybridized carbons (Fsp3) is 0.364. The van der Waals surface area contributed by atoms with Gasteiger partial charge in [0, 0.05) is 0 Å². The molecule has 2 unspecified atom stereocenters. The normalized spacial score (nSPS) is 12.8. The molecule has 0 fully saturated rings. The molecule has 0 saturated heterocycles. The van der Waals surface area contributed by atoms with Gasteiger partial charge in [0.25, 0.3) is 0 Å². The summed E-state index contributed by atoms with van der Waals surface area (Å²) < 4.78 is 10.5. The number of esters is 2. The van der Waals surface area contributed by atoms with Crippen LogP contribution in [0.15, 0.2) is 60.7 Å². The van der Waals surface area contributed by atoms with Crippen molar-refractivity contribution < 1.29 is 19.1 Å². The van der Waals surface area contributed by atoms with E-state index in [1.165, 1.54) is 0 Å². The summed E-state index contributed by atoms with van der Waals surface area (Å²) in [4.78, 5) is 24.5. The molecule has 0 aliphatic rings. The SMILES string of the molecule is CCOC(=O)C(CCc1ccccc1)NC(C)C(=O)OCc1ccccc1. The van der Waals surface area contributed by atoms with Gasteiger partial charge in [-0.3, -0.25) is 14.9 Å². The van der Waals surface area contributed by atoms with Crippen molar-refractivity contribution in [1.29, 1.82) is 0 Å². The highest BCUT2D eigenvalue weighted by molar-refractivity contribution is 5.79. The summed E-state index contributed by atoms with van der Waals surface area (Å²) in [5.74, 6) is -0.746. The summed E-state index contributed by atoms with van der Waals surface area (Å²) in [5.41, 5.74) is 2.05. The van der Waals surface area contributed by atoms with Crippen LogP contribution in [0.4, 0.5) is 0 Å². The number of benzene rings is 2. The molecule has 1 N–H and O–H groups in total. The van der Waals surface area contributed by atoms with Crippen LogP contribution in [0.2, 0.25) is 0 Å². The molecule has 2 atom stereocenters. The Morgan fingerprint density at radius 3 is 2.07 bits per heavy atom. The molecule has 0 spiro atoms. The van der Waals surface area contributed by atoms with Gasteiger partial charge in [-0.2, -0.15) is 0 Å². The van der Waals surface area contributed by atoms with E-state index in [1.54, 1.807) is 13.8 Å². The Morgan fingerprint density at radius 2 is 1.48 bits per heavy atom. The minimum atomic E-state index is -0.612. The third-order valence-corrected chi connectivity index (χ3v) is 4.16. The number of rotatable bonds is 10. The van der Waals surface area contributed by atoms with E-state index >= 15 is 0 Å². The predicted octanol–water partition coefficient (Wildman–Crippen LogP) is 3.27. The minimum absolute atomic E-state index is 0.208. The molecule has 5 nitrogen and oxygen atoms in total. The Morgan fingerprint density at radius 1 is 0.889 bits per heavy atom. The zero-order valence-electron chi connectivity index (χ0n) is 15.9. The molecular formula is C22H27NO4. The van der Waals surface area contributed by atoms with Crippen molar-refractivity contribution in [3.63, 3.8) is 0 Å². The molecule has 27 heavy (non-hydrogen) atoms. The van der Waals surface area contributed by atoms with Crippen LogP contribution in [0.1, 0.15) is 31.4 Å². The summed E-state index contributed by atoms with van der Waals surface area (Å²) in [5, 5.41) is 3.06. The third kappa shape index (κ3) is 7.23. The van der Waals surface area contributed by atoms with Crippen molar-refractivity contribution in [2.45, 2.75) is 45.4 Å². The molecule has 0 amide bonds. The van der Waals surface area contributed by atoms with Crippen molar-refractivity contribution in [2.75, 3.05) is 6.61 Å². The van der Waals surface area contributed by atoms with E-state index in [4.69, 9.17) is 9.47 Å². The second-order valence-electron chi connectivity index (χ2n) is 6.31. The number of hydrogen-bond acceptors (Lipinski definition) is 5. The maximum absolute atomic E-state index is 12.3. The van der Waals surface area contributed by atoms with Gasteiger partial charge in [0.15, 0.2) is 0 Å². The fourth-order valence-corrected chi connectivity index (χ4v) is 2.69.